The lowest BCUT2D eigenvalue weighted by Gasteiger charge is -2.24. The lowest BCUT2D eigenvalue weighted by Crippen LogP contribution is -2.40. The first-order chi connectivity index (χ1) is 18.7. The van der Waals surface area contributed by atoms with Crippen LogP contribution in [0.5, 0.6) is 0 Å². The lowest BCUT2D eigenvalue weighted by molar-refractivity contribution is 0.437. The average molecular weight is 505 g/mol. The Hall–Kier alpha value is -4.57. The van der Waals surface area contributed by atoms with Crippen LogP contribution >= 0.6 is 0 Å². The van der Waals surface area contributed by atoms with Crippen LogP contribution in [0, 0.1) is 6.92 Å². The first-order valence-electron chi connectivity index (χ1n) is 12.9. The van der Waals surface area contributed by atoms with Gasteiger partial charge in [0.2, 0.25) is 0 Å². The van der Waals surface area contributed by atoms with Crippen molar-refractivity contribution in [3.63, 3.8) is 0 Å². The molecule has 0 bridgehead atoms. The number of aromatic nitrogens is 8. The molecule has 0 radical (unpaired) electrons. The molecule has 1 aromatic carbocycles. The third-order valence-corrected chi connectivity index (χ3v) is 7.51. The molecule has 1 saturated heterocycles. The third kappa shape index (κ3) is 3.81. The van der Waals surface area contributed by atoms with Crippen LogP contribution in [0.2, 0.25) is 0 Å². The molecule has 10 heteroatoms. The molecule has 5 aromatic heterocycles. The summed E-state index contributed by atoms with van der Waals surface area (Å²) in [6.07, 6.45) is 10.1. The minimum Gasteiger partial charge on any atom is -0.338 e. The Kier molecular flexibility index (Phi) is 5.40. The molecule has 2 N–H and O–H groups in total. The quantitative estimate of drug-likeness (QED) is 0.335. The molecule has 7 rings (SSSR count). The van der Waals surface area contributed by atoms with Crippen molar-refractivity contribution in [2.24, 2.45) is 0 Å². The summed E-state index contributed by atoms with van der Waals surface area (Å²) in [7, 11) is 0. The highest BCUT2D eigenvalue weighted by molar-refractivity contribution is 5.81. The van der Waals surface area contributed by atoms with Crippen LogP contribution in [-0.4, -0.2) is 52.1 Å². The van der Waals surface area contributed by atoms with E-state index in [2.05, 4.69) is 81.0 Å². The molecule has 1 fully saturated rings. The number of hydrogen-bond acceptors (Lipinski definition) is 7. The van der Waals surface area contributed by atoms with Gasteiger partial charge in [-0.25, -0.2) is 23.7 Å². The van der Waals surface area contributed by atoms with Crippen molar-refractivity contribution in [1.29, 1.82) is 0 Å². The summed E-state index contributed by atoms with van der Waals surface area (Å²) in [6, 6.07) is 14.9. The van der Waals surface area contributed by atoms with Crippen molar-refractivity contribution in [1.82, 2.24) is 44.3 Å². The summed E-state index contributed by atoms with van der Waals surface area (Å²) in [5, 5.41) is 20.3. The van der Waals surface area contributed by atoms with Gasteiger partial charge in [0.15, 0.2) is 11.5 Å². The van der Waals surface area contributed by atoms with Crippen molar-refractivity contribution in [3.05, 3.63) is 96.1 Å². The predicted molar refractivity (Wildman–Crippen MR) is 145 cm³/mol. The lowest BCUT2D eigenvalue weighted by atomic mass is 9.87. The summed E-state index contributed by atoms with van der Waals surface area (Å²) in [5.41, 5.74) is 8.52. The maximum atomic E-state index is 4.84. The molecule has 190 valence electrons. The molecule has 0 aliphatic carbocycles. The Balaban J connectivity index is 1.20. The largest absolute Gasteiger partial charge is 0.338 e. The Morgan fingerprint density at radius 3 is 2.63 bits per heavy atom. The van der Waals surface area contributed by atoms with Crippen LogP contribution < -0.4 is 10.6 Å². The zero-order valence-electron chi connectivity index (χ0n) is 21.3. The van der Waals surface area contributed by atoms with E-state index in [1.54, 1.807) is 17.2 Å². The van der Waals surface area contributed by atoms with Crippen LogP contribution in [0.15, 0.2) is 73.7 Å². The van der Waals surface area contributed by atoms with E-state index in [-0.39, 0.29) is 5.92 Å². The Morgan fingerprint density at radius 1 is 0.974 bits per heavy atom. The van der Waals surface area contributed by atoms with Gasteiger partial charge < -0.3 is 10.6 Å². The standard InChI is InChI=1S/C28H28N10/c1-3-22(19-6-9-37-26(13-19)30-16-32-37)23-5-4-21(12-18(23)2)34-28-27-25(8-11-38(27)33-17-31-28)36-10-7-24(35-36)20-14-29-15-20/h4-13,16-17,20,22,29H,3,14-15H2,1-2H3,(H,31,33,34). The molecule has 1 unspecified atom stereocenters. The third-order valence-electron chi connectivity index (χ3n) is 7.51. The van der Waals surface area contributed by atoms with Crippen molar-refractivity contribution in [2.45, 2.75) is 32.1 Å². The number of rotatable bonds is 7. The van der Waals surface area contributed by atoms with Crippen LogP contribution in [0.4, 0.5) is 11.5 Å². The van der Waals surface area contributed by atoms with E-state index in [4.69, 9.17) is 5.10 Å². The molecule has 0 spiro atoms. The van der Waals surface area contributed by atoms with Crippen LogP contribution in [0.25, 0.3) is 16.9 Å². The normalized spacial score (nSPS) is 14.7. The Bertz CT molecular complexity index is 1760. The summed E-state index contributed by atoms with van der Waals surface area (Å²) < 4.78 is 5.55. The highest BCUT2D eigenvalue weighted by atomic mass is 15.3. The number of aryl methyl sites for hydroxylation is 1. The summed E-state index contributed by atoms with van der Waals surface area (Å²) in [6.45, 7) is 6.34. The molecule has 0 amide bonds. The van der Waals surface area contributed by atoms with E-state index >= 15 is 0 Å². The maximum Gasteiger partial charge on any atom is 0.160 e. The first-order valence-corrected chi connectivity index (χ1v) is 12.9. The fourth-order valence-electron chi connectivity index (χ4n) is 5.37. The SMILES string of the molecule is CCC(c1ccn2ncnc2c1)c1ccc(Nc2ncnn3ccc(-n4ccc(C5CNC5)n4)c23)cc1C. The molecule has 6 heterocycles. The van der Waals surface area contributed by atoms with Gasteiger partial charge in [-0.1, -0.05) is 13.0 Å². The number of anilines is 2. The van der Waals surface area contributed by atoms with Gasteiger partial charge in [-0.3, -0.25) is 0 Å². The van der Waals surface area contributed by atoms with E-state index in [1.165, 1.54) is 16.7 Å². The fourth-order valence-corrected chi connectivity index (χ4v) is 5.37. The smallest absolute Gasteiger partial charge is 0.160 e. The van der Waals surface area contributed by atoms with Gasteiger partial charge in [0.25, 0.3) is 0 Å². The van der Waals surface area contributed by atoms with E-state index in [1.807, 2.05) is 33.9 Å². The van der Waals surface area contributed by atoms with E-state index < -0.39 is 0 Å². The summed E-state index contributed by atoms with van der Waals surface area (Å²) >= 11 is 0. The predicted octanol–water partition coefficient (Wildman–Crippen LogP) is 4.24. The second kappa shape index (κ2) is 9.07. The van der Waals surface area contributed by atoms with Gasteiger partial charge in [0, 0.05) is 49.2 Å². The number of hydrogen-bond donors (Lipinski definition) is 2. The zero-order chi connectivity index (χ0) is 25.6. The van der Waals surface area contributed by atoms with Crippen LogP contribution in [-0.2, 0) is 0 Å². The van der Waals surface area contributed by atoms with Crippen molar-refractivity contribution in [3.8, 4) is 5.69 Å². The molecule has 38 heavy (non-hydrogen) atoms. The molecule has 1 aliphatic heterocycles. The van der Waals surface area contributed by atoms with Crippen LogP contribution in [0.3, 0.4) is 0 Å². The molecule has 6 aromatic rings. The van der Waals surface area contributed by atoms with E-state index in [0.717, 1.165) is 53.6 Å². The van der Waals surface area contributed by atoms with Crippen LogP contribution in [0.1, 0.15) is 47.6 Å². The highest BCUT2D eigenvalue weighted by Gasteiger charge is 2.22. The number of nitrogens with zero attached hydrogens (tertiary/aromatic N) is 8. The Morgan fingerprint density at radius 2 is 1.82 bits per heavy atom. The number of fused-ring (bicyclic) bond motifs is 2. The Labute approximate surface area is 219 Å². The first kappa shape index (κ1) is 22.6. The molecule has 1 aliphatic rings. The number of pyridine rings is 1. The minimum atomic E-state index is 0.272. The monoisotopic (exact) mass is 504 g/mol. The van der Waals surface area contributed by atoms with E-state index in [9.17, 15) is 0 Å². The van der Waals surface area contributed by atoms with Gasteiger partial charge >= 0.3 is 0 Å². The minimum absolute atomic E-state index is 0.272. The van der Waals surface area contributed by atoms with Crippen molar-refractivity contribution >= 4 is 22.7 Å². The molecular weight excluding hydrogens is 476 g/mol. The van der Waals surface area contributed by atoms with Gasteiger partial charge in [0.1, 0.15) is 18.2 Å². The topological polar surface area (TPSA) is 102 Å². The van der Waals surface area contributed by atoms with Gasteiger partial charge in [-0.15, -0.1) is 0 Å². The van der Waals surface area contributed by atoms with Gasteiger partial charge in [-0.05, 0) is 66.4 Å². The highest BCUT2D eigenvalue weighted by Crippen LogP contribution is 2.33. The second-order valence-electron chi connectivity index (χ2n) is 9.82. The zero-order valence-corrected chi connectivity index (χ0v) is 21.3. The summed E-state index contributed by atoms with van der Waals surface area (Å²) in [5.74, 6) is 1.48. The number of nitrogens with one attached hydrogen (secondary N) is 2. The molecule has 0 saturated carbocycles. The van der Waals surface area contributed by atoms with Gasteiger partial charge in [0.05, 0.1) is 11.4 Å². The van der Waals surface area contributed by atoms with E-state index in [0.29, 0.717) is 5.92 Å². The average Bonchev–Trinajstić information content (AvgIpc) is 3.64. The second-order valence-corrected chi connectivity index (χ2v) is 9.82. The molecule has 1 atom stereocenters. The summed E-state index contributed by atoms with van der Waals surface area (Å²) in [4.78, 5) is 8.95. The fraction of sp³-hybridized carbons (Fsp3) is 0.250. The van der Waals surface area contributed by atoms with Crippen molar-refractivity contribution in [2.75, 3.05) is 18.4 Å². The molecular formula is C28H28N10. The maximum absolute atomic E-state index is 4.84. The molecule has 10 nitrogen and oxygen atoms in total. The van der Waals surface area contributed by atoms with Gasteiger partial charge in [-0.2, -0.15) is 15.3 Å². The van der Waals surface area contributed by atoms with Crippen molar-refractivity contribution < 1.29 is 0 Å². The number of benzene rings is 1.